The van der Waals surface area contributed by atoms with Gasteiger partial charge < -0.3 is 5.32 Å². The van der Waals surface area contributed by atoms with Gasteiger partial charge >= 0.3 is 0 Å². The van der Waals surface area contributed by atoms with Gasteiger partial charge in [-0.25, -0.2) is 8.42 Å². The maximum atomic E-state index is 12.2. The van der Waals surface area contributed by atoms with E-state index < -0.39 is 16.1 Å². The van der Waals surface area contributed by atoms with Crippen molar-refractivity contribution in [2.75, 3.05) is 0 Å². The van der Waals surface area contributed by atoms with Crippen LogP contribution in [0.25, 0.3) is 0 Å². The summed E-state index contributed by atoms with van der Waals surface area (Å²) >= 11 is 3.25. The van der Waals surface area contributed by atoms with E-state index in [-0.39, 0.29) is 16.8 Å². The van der Waals surface area contributed by atoms with Crippen LogP contribution in [0.3, 0.4) is 0 Å². The summed E-state index contributed by atoms with van der Waals surface area (Å²) in [7, 11) is -3.70. The molecule has 0 radical (unpaired) electrons. The number of nitrogens with one attached hydrogen (secondary N) is 2. The van der Waals surface area contributed by atoms with Crippen LogP contribution in [-0.2, 0) is 14.8 Å². The Morgan fingerprint density at radius 1 is 1.24 bits per heavy atom. The van der Waals surface area contributed by atoms with Crippen molar-refractivity contribution in [2.45, 2.75) is 50.6 Å². The zero-order chi connectivity index (χ0) is 16.0. The number of benzene rings is 1. The van der Waals surface area contributed by atoms with Gasteiger partial charge in [-0.05, 0) is 44.5 Å². The number of carbonyl (C=O) groups is 1. The molecule has 5 nitrogen and oxygen atoms in total. The van der Waals surface area contributed by atoms with E-state index in [4.69, 9.17) is 0 Å². The molecule has 118 valence electrons. The minimum atomic E-state index is -3.70. The van der Waals surface area contributed by atoms with Crippen molar-refractivity contribution in [3.05, 3.63) is 28.7 Å². The lowest BCUT2D eigenvalue weighted by Gasteiger charge is -2.18. The van der Waals surface area contributed by atoms with Gasteiger partial charge in [0.15, 0.2) is 0 Å². The first kappa shape index (κ1) is 18.1. The molecule has 1 aromatic carbocycles. The minimum absolute atomic E-state index is 0.0298. The molecule has 7 heteroatoms. The first-order valence-electron chi connectivity index (χ1n) is 6.84. The topological polar surface area (TPSA) is 75.3 Å². The van der Waals surface area contributed by atoms with E-state index in [1.165, 1.54) is 19.1 Å². The number of hydrogen-bond acceptors (Lipinski definition) is 3. The number of rotatable bonds is 7. The summed E-state index contributed by atoms with van der Waals surface area (Å²) in [5, 5.41) is 2.79. The molecule has 1 aromatic rings. The van der Waals surface area contributed by atoms with Crippen LogP contribution in [0.5, 0.6) is 0 Å². The number of sulfonamides is 1. The molecule has 0 aromatic heterocycles. The minimum Gasteiger partial charge on any atom is -0.352 e. The van der Waals surface area contributed by atoms with Crippen LogP contribution in [-0.4, -0.2) is 26.4 Å². The predicted molar refractivity (Wildman–Crippen MR) is 86.4 cm³/mol. The summed E-state index contributed by atoms with van der Waals surface area (Å²) in [5.41, 5.74) is 0. The van der Waals surface area contributed by atoms with Crippen LogP contribution in [0.4, 0.5) is 0 Å². The molecule has 0 saturated heterocycles. The van der Waals surface area contributed by atoms with Crippen molar-refractivity contribution >= 4 is 31.9 Å². The summed E-state index contributed by atoms with van der Waals surface area (Å²) in [6, 6.07) is 5.46. The van der Waals surface area contributed by atoms with Gasteiger partial charge in [-0.3, -0.25) is 4.79 Å². The molecule has 0 spiro atoms. The van der Waals surface area contributed by atoms with Crippen LogP contribution in [0.1, 0.15) is 33.6 Å². The third-order valence-corrected chi connectivity index (χ3v) is 5.04. The molecular weight excluding hydrogens is 356 g/mol. The molecule has 0 unspecified atom stereocenters. The van der Waals surface area contributed by atoms with Crippen molar-refractivity contribution in [1.29, 1.82) is 0 Å². The number of carbonyl (C=O) groups excluding carboxylic acids is 1. The smallest absolute Gasteiger partial charge is 0.241 e. The molecule has 2 atom stereocenters. The van der Waals surface area contributed by atoms with Crippen molar-refractivity contribution in [3.8, 4) is 0 Å². The normalized spacial score (nSPS) is 14.5. The van der Waals surface area contributed by atoms with Crippen LogP contribution in [0.15, 0.2) is 33.6 Å². The fourth-order valence-electron chi connectivity index (χ4n) is 1.84. The molecule has 0 fully saturated rings. The molecule has 0 heterocycles. The number of amides is 1. The summed E-state index contributed by atoms with van der Waals surface area (Å²) in [5.74, 6) is -0.323. The fraction of sp³-hybridized carbons (Fsp3) is 0.500. The quantitative estimate of drug-likeness (QED) is 0.766. The lowest BCUT2D eigenvalue weighted by molar-refractivity contribution is -0.123. The maximum Gasteiger partial charge on any atom is 0.241 e. The Morgan fingerprint density at radius 2 is 1.81 bits per heavy atom. The Hall–Kier alpha value is -0.920. The van der Waals surface area contributed by atoms with Gasteiger partial charge in [-0.1, -0.05) is 29.3 Å². The monoisotopic (exact) mass is 376 g/mol. The van der Waals surface area contributed by atoms with E-state index in [0.717, 1.165) is 17.3 Å². The van der Waals surface area contributed by atoms with Crippen molar-refractivity contribution in [1.82, 2.24) is 10.0 Å². The Balaban J connectivity index is 2.70. The van der Waals surface area contributed by atoms with E-state index in [9.17, 15) is 13.2 Å². The van der Waals surface area contributed by atoms with Gasteiger partial charge in [-0.2, -0.15) is 4.72 Å². The van der Waals surface area contributed by atoms with Crippen LogP contribution in [0, 0.1) is 0 Å². The molecule has 21 heavy (non-hydrogen) atoms. The molecule has 1 rings (SSSR count). The Labute approximate surface area is 134 Å². The first-order chi connectivity index (χ1) is 9.76. The SMILES string of the molecule is CCC[C@H](C)NC(=O)[C@@H](C)NS(=O)(=O)c1ccc(Br)cc1. The fourth-order valence-corrected chi connectivity index (χ4v) is 3.31. The van der Waals surface area contributed by atoms with Gasteiger partial charge in [0.05, 0.1) is 10.9 Å². The van der Waals surface area contributed by atoms with Gasteiger partial charge in [0.25, 0.3) is 0 Å². The first-order valence-corrected chi connectivity index (χ1v) is 9.12. The van der Waals surface area contributed by atoms with Gasteiger partial charge in [-0.15, -0.1) is 0 Å². The van der Waals surface area contributed by atoms with Crippen molar-refractivity contribution in [3.63, 3.8) is 0 Å². The molecule has 0 saturated carbocycles. The highest BCUT2D eigenvalue weighted by molar-refractivity contribution is 9.10. The maximum absolute atomic E-state index is 12.2. The molecule has 0 aliphatic rings. The van der Waals surface area contributed by atoms with E-state index in [2.05, 4.69) is 26.0 Å². The highest BCUT2D eigenvalue weighted by atomic mass is 79.9. The third kappa shape index (κ3) is 5.76. The number of hydrogen-bond donors (Lipinski definition) is 2. The summed E-state index contributed by atoms with van der Waals surface area (Å²) in [4.78, 5) is 12.1. The second kappa shape index (κ2) is 7.91. The third-order valence-electron chi connectivity index (χ3n) is 2.96. The second-order valence-electron chi connectivity index (χ2n) is 5.00. The number of halogens is 1. The lowest BCUT2D eigenvalue weighted by Crippen LogP contribution is -2.47. The molecule has 0 aliphatic carbocycles. The van der Waals surface area contributed by atoms with Crippen LogP contribution in [0.2, 0.25) is 0 Å². The largest absolute Gasteiger partial charge is 0.352 e. The van der Waals surface area contributed by atoms with E-state index >= 15 is 0 Å². The molecule has 0 aliphatic heterocycles. The summed E-state index contributed by atoms with van der Waals surface area (Å²) in [6.07, 6.45) is 1.82. The van der Waals surface area contributed by atoms with Gasteiger partial charge in [0.2, 0.25) is 15.9 Å². The Kier molecular flexibility index (Phi) is 6.83. The van der Waals surface area contributed by atoms with E-state index in [1.807, 2.05) is 13.8 Å². The zero-order valence-electron chi connectivity index (χ0n) is 12.4. The zero-order valence-corrected chi connectivity index (χ0v) is 14.8. The molecule has 0 bridgehead atoms. The Bertz CT molecular complexity index is 572. The van der Waals surface area contributed by atoms with Crippen molar-refractivity contribution < 1.29 is 13.2 Å². The molecule has 2 N–H and O–H groups in total. The average molecular weight is 377 g/mol. The highest BCUT2D eigenvalue weighted by Gasteiger charge is 2.22. The van der Waals surface area contributed by atoms with Gasteiger partial charge in [0.1, 0.15) is 0 Å². The standard InChI is InChI=1S/C14H21BrN2O3S/c1-4-5-10(2)16-14(18)11(3)17-21(19,20)13-8-6-12(15)7-9-13/h6-11,17H,4-5H2,1-3H3,(H,16,18)/t10-,11+/m0/s1. The molecule has 1 amide bonds. The van der Waals surface area contributed by atoms with Crippen LogP contribution < -0.4 is 10.0 Å². The molecular formula is C14H21BrN2O3S. The Morgan fingerprint density at radius 3 is 2.33 bits per heavy atom. The van der Waals surface area contributed by atoms with Crippen molar-refractivity contribution in [2.24, 2.45) is 0 Å². The average Bonchev–Trinajstić information content (AvgIpc) is 2.38. The highest BCUT2D eigenvalue weighted by Crippen LogP contribution is 2.14. The summed E-state index contributed by atoms with van der Waals surface area (Å²) in [6.45, 7) is 5.46. The predicted octanol–water partition coefficient (Wildman–Crippen LogP) is 2.42. The van der Waals surface area contributed by atoms with Gasteiger partial charge in [0, 0.05) is 10.5 Å². The summed E-state index contributed by atoms with van der Waals surface area (Å²) < 4.78 is 27.5. The lowest BCUT2D eigenvalue weighted by atomic mass is 10.2. The van der Waals surface area contributed by atoms with E-state index in [0.29, 0.717) is 0 Å². The van der Waals surface area contributed by atoms with E-state index in [1.54, 1.807) is 12.1 Å². The second-order valence-corrected chi connectivity index (χ2v) is 7.62. The van der Waals surface area contributed by atoms with Crippen LogP contribution >= 0.6 is 15.9 Å².